The van der Waals surface area contributed by atoms with Crippen molar-refractivity contribution in [2.24, 2.45) is 0 Å². The van der Waals surface area contributed by atoms with Crippen LogP contribution >= 0.6 is 11.3 Å². The summed E-state index contributed by atoms with van der Waals surface area (Å²) in [6.07, 6.45) is 2.31. The summed E-state index contributed by atoms with van der Waals surface area (Å²) in [4.78, 5) is 42.3. The Hall–Kier alpha value is -4.50. The normalized spacial score (nSPS) is 12.8. The highest BCUT2D eigenvalue weighted by molar-refractivity contribution is 7.21. The van der Waals surface area contributed by atoms with Crippen molar-refractivity contribution in [1.29, 1.82) is 0 Å². The Kier molecular flexibility index (Phi) is 8.54. The number of amides is 1. The number of aliphatic hydroxyl groups is 1. The summed E-state index contributed by atoms with van der Waals surface area (Å²) in [5, 5.41) is 19.6. The number of carbonyl (C=O) groups is 1. The SMILES string of the molecule is COc1ccc(F)cc1C(=Cn1c(=O)n(N(C)C(=O)OC(C)(C)C)c(=O)c2c(C)c(-n3nccn3)sc21)OCC(C)O. The van der Waals surface area contributed by atoms with Crippen molar-refractivity contribution in [3.05, 3.63) is 68.4 Å². The van der Waals surface area contributed by atoms with Gasteiger partial charge in [0.2, 0.25) is 0 Å². The van der Waals surface area contributed by atoms with Crippen molar-refractivity contribution in [1.82, 2.24) is 24.2 Å². The minimum absolute atomic E-state index is 0.0504. The molecule has 0 aliphatic heterocycles. The fourth-order valence-corrected chi connectivity index (χ4v) is 5.16. The van der Waals surface area contributed by atoms with Gasteiger partial charge < -0.3 is 19.3 Å². The molecule has 1 amide bonds. The van der Waals surface area contributed by atoms with Crippen LogP contribution < -0.4 is 21.0 Å². The monoisotopic (exact) mass is 602 g/mol. The zero-order chi connectivity index (χ0) is 30.9. The highest BCUT2D eigenvalue weighted by Crippen LogP contribution is 2.33. The molecule has 4 rings (SSSR count). The van der Waals surface area contributed by atoms with Crippen LogP contribution in [0.15, 0.2) is 40.2 Å². The molecule has 42 heavy (non-hydrogen) atoms. The van der Waals surface area contributed by atoms with E-state index in [1.54, 1.807) is 27.7 Å². The number of thiophene rings is 1. The molecule has 1 aromatic carbocycles. The van der Waals surface area contributed by atoms with Crippen molar-refractivity contribution >= 4 is 39.6 Å². The van der Waals surface area contributed by atoms with Crippen molar-refractivity contribution in [2.75, 3.05) is 25.8 Å². The summed E-state index contributed by atoms with van der Waals surface area (Å²) in [5.41, 5.74) is -2.06. The number of aryl methyl sites for hydroxylation is 1. The maximum absolute atomic E-state index is 14.4. The van der Waals surface area contributed by atoms with Crippen LogP contribution in [-0.4, -0.2) is 67.9 Å². The van der Waals surface area contributed by atoms with Gasteiger partial charge in [0.05, 0.1) is 42.8 Å². The van der Waals surface area contributed by atoms with Crippen LogP contribution in [-0.2, 0) is 9.47 Å². The Balaban J connectivity index is 2.09. The molecule has 224 valence electrons. The maximum atomic E-state index is 14.4. The summed E-state index contributed by atoms with van der Waals surface area (Å²) < 4.78 is 32.8. The predicted octanol–water partition coefficient (Wildman–Crippen LogP) is 3.12. The van der Waals surface area contributed by atoms with Gasteiger partial charge in [0.15, 0.2) is 0 Å². The predicted molar refractivity (Wildman–Crippen MR) is 155 cm³/mol. The van der Waals surface area contributed by atoms with Gasteiger partial charge in [0, 0.05) is 12.6 Å². The van der Waals surface area contributed by atoms with Gasteiger partial charge in [-0.2, -0.15) is 14.9 Å². The Morgan fingerprint density at radius 2 is 1.90 bits per heavy atom. The van der Waals surface area contributed by atoms with Crippen molar-refractivity contribution in [3.8, 4) is 10.8 Å². The molecule has 13 nitrogen and oxygen atoms in total. The first-order chi connectivity index (χ1) is 19.7. The number of nitrogens with zero attached hydrogens (tertiary/aromatic N) is 6. The molecule has 0 spiro atoms. The van der Waals surface area contributed by atoms with E-state index in [0.29, 0.717) is 15.2 Å². The van der Waals surface area contributed by atoms with E-state index in [2.05, 4.69) is 10.2 Å². The lowest BCUT2D eigenvalue weighted by atomic mass is 10.1. The van der Waals surface area contributed by atoms with Crippen LogP contribution in [0.3, 0.4) is 0 Å². The fraction of sp³-hybridized carbons (Fsp3) is 0.370. The molecule has 1 unspecified atom stereocenters. The largest absolute Gasteiger partial charge is 0.496 e. The van der Waals surface area contributed by atoms with Crippen LogP contribution in [0.5, 0.6) is 5.75 Å². The third-order valence-electron chi connectivity index (χ3n) is 5.83. The van der Waals surface area contributed by atoms with Crippen molar-refractivity contribution in [2.45, 2.75) is 46.3 Å². The molecule has 4 aromatic rings. The van der Waals surface area contributed by atoms with Crippen LogP contribution in [0.2, 0.25) is 0 Å². The number of carbonyl (C=O) groups excluding carboxylic acids is 1. The first-order valence-corrected chi connectivity index (χ1v) is 13.6. The van der Waals surface area contributed by atoms with Gasteiger partial charge in [0.1, 0.15) is 39.4 Å². The van der Waals surface area contributed by atoms with Crippen molar-refractivity contribution < 1.29 is 28.5 Å². The van der Waals surface area contributed by atoms with E-state index in [4.69, 9.17) is 14.2 Å². The van der Waals surface area contributed by atoms with E-state index in [1.807, 2.05) is 0 Å². The van der Waals surface area contributed by atoms with Gasteiger partial charge in [-0.15, -0.1) is 4.80 Å². The summed E-state index contributed by atoms with van der Waals surface area (Å²) in [5.74, 6) is -0.436. The number of halogens is 1. The van der Waals surface area contributed by atoms with E-state index in [0.717, 1.165) is 27.0 Å². The number of hydrogen-bond donors (Lipinski definition) is 1. The van der Waals surface area contributed by atoms with E-state index >= 15 is 0 Å². The lowest BCUT2D eigenvalue weighted by Crippen LogP contribution is -2.53. The second kappa shape index (κ2) is 11.8. The molecule has 0 aliphatic rings. The number of ether oxygens (including phenoxy) is 3. The smallest absolute Gasteiger partial charge is 0.429 e. The average molecular weight is 603 g/mol. The lowest BCUT2D eigenvalue weighted by Gasteiger charge is -2.25. The second-order valence-corrected chi connectivity index (χ2v) is 11.3. The molecule has 1 atom stereocenters. The van der Waals surface area contributed by atoms with E-state index < -0.39 is 34.9 Å². The second-order valence-electron chi connectivity index (χ2n) is 10.3. The topological polar surface area (TPSA) is 143 Å². The number of rotatable bonds is 8. The Bertz CT molecular complexity index is 1770. The first kappa shape index (κ1) is 30.5. The van der Waals surface area contributed by atoms with Gasteiger partial charge in [-0.05, 0) is 52.8 Å². The molecular formula is C27H31FN6O7S. The van der Waals surface area contributed by atoms with Crippen LogP contribution in [0, 0.1) is 12.7 Å². The minimum atomic E-state index is -0.949. The number of aromatic nitrogens is 5. The molecule has 0 fully saturated rings. The Morgan fingerprint density at radius 1 is 1.24 bits per heavy atom. The molecule has 15 heteroatoms. The Morgan fingerprint density at radius 3 is 2.50 bits per heavy atom. The van der Waals surface area contributed by atoms with Gasteiger partial charge in [-0.25, -0.2) is 19.0 Å². The fourth-order valence-electron chi connectivity index (χ4n) is 3.97. The summed E-state index contributed by atoms with van der Waals surface area (Å²) in [7, 11) is 2.62. The molecule has 0 aliphatic carbocycles. The first-order valence-electron chi connectivity index (χ1n) is 12.7. The molecule has 1 N–H and O–H groups in total. The van der Waals surface area contributed by atoms with Gasteiger partial charge in [-0.3, -0.25) is 9.36 Å². The lowest BCUT2D eigenvalue weighted by molar-refractivity contribution is 0.0546. The third kappa shape index (κ3) is 6.06. The maximum Gasteiger partial charge on any atom is 0.429 e. The third-order valence-corrected chi connectivity index (χ3v) is 7.08. The number of benzene rings is 1. The van der Waals surface area contributed by atoms with Crippen LogP contribution in [0.4, 0.5) is 9.18 Å². The highest BCUT2D eigenvalue weighted by atomic mass is 32.1. The molecule has 3 aromatic heterocycles. The molecule has 3 heterocycles. The standard InChI is InChI=1S/C27H31FN6O7S/c1-15(35)14-40-20(18-12-17(28)8-9-19(18)39-7)13-32-24-21(16(2)23(42-24)34-29-10-11-30-34)22(36)33(25(32)37)31(6)26(38)41-27(3,4)5/h8-13,15,35H,14H2,1-7H3. The van der Waals surface area contributed by atoms with Crippen LogP contribution in [0.25, 0.3) is 27.2 Å². The van der Waals surface area contributed by atoms with E-state index in [1.165, 1.54) is 56.6 Å². The van der Waals surface area contributed by atoms with Crippen LogP contribution in [0.1, 0.15) is 38.8 Å². The molecule has 0 saturated heterocycles. The molecule has 0 bridgehead atoms. The molecule has 0 radical (unpaired) electrons. The number of aliphatic hydroxyl groups excluding tert-OH is 1. The Labute approximate surface area is 243 Å². The zero-order valence-electron chi connectivity index (χ0n) is 24.1. The average Bonchev–Trinajstić information content (AvgIpc) is 3.55. The summed E-state index contributed by atoms with van der Waals surface area (Å²) in [6.45, 7) is 7.89. The van der Waals surface area contributed by atoms with E-state index in [9.17, 15) is 23.9 Å². The number of hydrogen-bond acceptors (Lipinski definition) is 10. The zero-order valence-corrected chi connectivity index (χ0v) is 24.9. The summed E-state index contributed by atoms with van der Waals surface area (Å²) >= 11 is 1.05. The minimum Gasteiger partial charge on any atom is -0.496 e. The van der Waals surface area contributed by atoms with Gasteiger partial charge in [0.25, 0.3) is 5.56 Å². The van der Waals surface area contributed by atoms with E-state index in [-0.39, 0.29) is 33.9 Å². The molecule has 0 saturated carbocycles. The highest BCUT2D eigenvalue weighted by Gasteiger charge is 2.28. The number of methoxy groups -OCH3 is 1. The quantitative estimate of drug-likeness (QED) is 0.301. The summed E-state index contributed by atoms with van der Waals surface area (Å²) in [6, 6.07) is 3.73. The van der Waals surface area contributed by atoms with Crippen molar-refractivity contribution in [3.63, 3.8) is 0 Å². The van der Waals surface area contributed by atoms with Gasteiger partial charge >= 0.3 is 11.8 Å². The molecular weight excluding hydrogens is 571 g/mol. The number of fused-ring (bicyclic) bond motifs is 1. The van der Waals surface area contributed by atoms with Gasteiger partial charge in [-0.1, -0.05) is 11.3 Å².